The molecule has 0 aromatic heterocycles. The Balaban J connectivity index is 2.08. The average Bonchev–Trinajstić information content (AvgIpc) is 2.12. The van der Waals surface area contributed by atoms with Crippen LogP contribution < -0.4 is 0 Å². The topological polar surface area (TPSA) is 0 Å². The molecule has 0 heteroatoms. The SMILES string of the molecule is CC1CC2[CH+]C12. The van der Waals surface area contributed by atoms with Crippen LogP contribution in [-0.4, -0.2) is 0 Å². The predicted molar refractivity (Wildman–Crippen MR) is 25.1 cm³/mol. The highest BCUT2D eigenvalue weighted by atomic mass is 14.6. The first-order valence-corrected chi connectivity index (χ1v) is 2.73. The van der Waals surface area contributed by atoms with E-state index < -0.39 is 0 Å². The van der Waals surface area contributed by atoms with Gasteiger partial charge in [0.15, 0.2) is 0 Å². The molecule has 0 aromatic rings. The maximum absolute atomic E-state index is 2.46. The van der Waals surface area contributed by atoms with Crippen molar-refractivity contribution in [3.8, 4) is 0 Å². The minimum absolute atomic E-state index is 1.05. The smallest absolute Gasteiger partial charge is 0.0578 e. The van der Waals surface area contributed by atoms with E-state index in [-0.39, 0.29) is 0 Å². The van der Waals surface area contributed by atoms with Crippen LogP contribution in [0.1, 0.15) is 13.3 Å². The molecule has 2 aliphatic carbocycles. The largest absolute Gasteiger partial charge is 0.144 e. The van der Waals surface area contributed by atoms with Gasteiger partial charge in [0.2, 0.25) is 0 Å². The lowest BCUT2D eigenvalue weighted by molar-refractivity contribution is 0.317. The van der Waals surface area contributed by atoms with Crippen molar-refractivity contribution in [3.05, 3.63) is 6.42 Å². The van der Waals surface area contributed by atoms with Crippen LogP contribution in [0.15, 0.2) is 0 Å². The van der Waals surface area contributed by atoms with Crippen LogP contribution in [0.2, 0.25) is 0 Å². The van der Waals surface area contributed by atoms with Crippen LogP contribution in [0.25, 0.3) is 0 Å². The van der Waals surface area contributed by atoms with Gasteiger partial charge in [-0.05, 0) is 0 Å². The fourth-order valence-corrected chi connectivity index (χ4v) is 1.46. The second kappa shape index (κ2) is 0.617. The average molecular weight is 81.1 g/mol. The quantitative estimate of drug-likeness (QED) is 0.387. The molecule has 2 fully saturated rings. The normalized spacial score (nSPS) is 61.2. The number of hydrogen-bond donors (Lipinski definition) is 0. The maximum atomic E-state index is 2.46. The second-order valence-electron chi connectivity index (χ2n) is 2.65. The summed E-state index contributed by atoms with van der Waals surface area (Å²) in [5.41, 5.74) is 0. The third-order valence-electron chi connectivity index (χ3n) is 2.12. The van der Waals surface area contributed by atoms with E-state index in [1.165, 1.54) is 6.42 Å². The summed E-state index contributed by atoms with van der Waals surface area (Å²) in [6, 6.07) is 0. The first-order chi connectivity index (χ1) is 2.88. The molecule has 2 saturated carbocycles. The summed E-state index contributed by atoms with van der Waals surface area (Å²) >= 11 is 0. The molecule has 2 aliphatic rings. The Morgan fingerprint density at radius 1 is 1.67 bits per heavy atom. The molecule has 3 unspecified atom stereocenters. The molecular formula is C6H9+. The van der Waals surface area contributed by atoms with Gasteiger partial charge in [0.05, 0.1) is 6.42 Å². The van der Waals surface area contributed by atoms with Gasteiger partial charge in [0.25, 0.3) is 0 Å². The predicted octanol–water partition coefficient (Wildman–Crippen LogP) is 1.48. The van der Waals surface area contributed by atoms with Crippen molar-refractivity contribution in [2.24, 2.45) is 17.8 Å². The van der Waals surface area contributed by atoms with Crippen molar-refractivity contribution in [2.45, 2.75) is 13.3 Å². The van der Waals surface area contributed by atoms with Crippen molar-refractivity contribution < 1.29 is 0 Å². The van der Waals surface area contributed by atoms with Gasteiger partial charge < -0.3 is 0 Å². The van der Waals surface area contributed by atoms with Gasteiger partial charge in [-0.25, -0.2) is 0 Å². The van der Waals surface area contributed by atoms with E-state index in [9.17, 15) is 0 Å². The summed E-state index contributed by atoms with van der Waals surface area (Å²) in [4.78, 5) is 0. The Morgan fingerprint density at radius 2 is 2.50 bits per heavy atom. The maximum Gasteiger partial charge on any atom is 0.144 e. The molecule has 0 aromatic carbocycles. The highest BCUT2D eigenvalue weighted by Crippen LogP contribution is 2.58. The van der Waals surface area contributed by atoms with E-state index in [0.29, 0.717) is 0 Å². The minimum Gasteiger partial charge on any atom is -0.0578 e. The Labute approximate surface area is 38.6 Å². The summed E-state index contributed by atoms with van der Waals surface area (Å²) < 4.78 is 0. The molecule has 0 nitrogen and oxygen atoms in total. The van der Waals surface area contributed by atoms with Crippen LogP contribution >= 0.6 is 0 Å². The lowest BCUT2D eigenvalue weighted by Gasteiger charge is -2.08. The van der Waals surface area contributed by atoms with Crippen LogP contribution in [0.4, 0.5) is 0 Å². The fraction of sp³-hybridized carbons (Fsp3) is 0.833. The third kappa shape index (κ3) is 0.166. The van der Waals surface area contributed by atoms with Crippen LogP contribution in [0, 0.1) is 24.2 Å². The van der Waals surface area contributed by atoms with Crippen LogP contribution in [-0.2, 0) is 0 Å². The number of hydrogen-bond acceptors (Lipinski definition) is 0. The third-order valence-corrected chi connectivity index (χ3v) is 2.12. The van der Waals surface area contributed by atoms with E-state index in [1.54, 1.807) is 0 Å². The zero-order valence-corrected chi connectivity index (χ0v) is 4.02. The monoisotopic (exact) mass is 81.1 g/mol. The van der Waals surface area contributed by atoms with E-state index in [1.807, 2.05) is 0 Å². The van der Waals surface area contributed by atoms with Crippen molar-refractivity contribution in [1.82, 2.24) is 0 Å². The van der Waals surface area contributed by atoms with Gasteiger partial charge in [0, 0.05) is 12.3 Å². The van der Waals surface area contributed by atoms with Crippen molar-refractivity contribution in [3.63, 3.8) is 0 Å². The molecule has 0 bridgehead atoms. The van der Waals surface area contributed by atoms with Crippen molar-refractivity contribution >= 4 is 0 Å². The first-order valence-electron chi connectivity index (χ1n) is 2.73. The molecule has 32 valence electrons. The molecule has 0 spiro atoms. The summed E-state index contributed by atoms with van der Waals surface area (Å²) in [5, 5.41) is 0. The Hall–Kier alpha value is -0.130. The summed E-state index contributed by atoms with van der Waals surface area (Å²) in [7, 11) is 0. The van der Waals surface area contributed by atoms with E-state index in [4.69, 9.17) is 0 Å². The molecule has 0 N–H and O–H groups in total. The molecule has 0 amide bonds. The van der Waals surface area contributed by atoms with Crippen LogP contribution in [0.3, 0.4) is 0 Å². The van der Waals surface area contributed by atoms with Gasteiger partial charge in [0.1, 0.15) is 11.8 Å². The zero-order valence-electron chi connectivity index (χ0n) is 4.02. The van der Waals surface area contributed by atoms with Crippen molar-refractivity contribution in [1.29, 1.82) is 0 Å². The van der Waals surface area contributed by atoms with Gasteiger partial charge >= 0.3 is 0 Å². The molecule has 0 saturated heterocycles. The van der Waals surface area contributed by atoms with Gasteiger partial charge in [-0.2, -0.15) is 0 Å². The lowest BCUT2D eigenvalue weighted by Crippen LogP contribution is -2.10. The standard InChI is InChI=1S/C6H9/c1-4-2-5-3-6(4)5/h3-6H,2H2,1H3/q+1. The Kier molecular flexibility index (Phi) is 0.303. The molecule has 0 radical (unpaired) electrons. The molecule has 3 atom stereocenters. The second-order valence-corrected chi connectivity index (χ2v) is 2.65. The van der Waals surface area contributed by atoms with Crippen LogP contribution in [0.5, 0.6) is 0 Å². The molecule has 6 heavy (non-hydrogen) atoms. The highest BCUT2D eigenvalue weighted by Gasteiger charge is 2.63. The molecule has 0 aliphatic heterocycles. The number of rotatable bonds is 0. The van der Waals surface area contributed by atoms with E-state index in [0.717, 1.165) is 17.8 Å². The first kappa shape index (κ1) is 2.95. The van der Waals surface area contributed by atoms with Crippen molar-refractivity contribution in [2.75, 3.05) is 0 Å². The fourth-order valence-electron chi connectivity index (χ4n) is 1.46. The van der Waals surface area contributed by atoms with E-state index >= 15 is 0 Å². The molecular weight excluding hydrogens is 72.1 g/mol. The molecule has 2 rings (SSSR count). The number of fused-ring (bicyclic) bond motifs is 1. The van der Waals surface area contributed by atoms with E-state index in [2.05, 4.69) is 13.3 Å². The summed E-state index contributed by atoms with van der Waals surface area (Å²) in [6.45, 7) is 2.34. The summed E-state index contributed by atoms with van der Waals surface area (Å²) in [6.07, 6.45) is 3.95. The lowest BCUT2D eigenvalue weighted by atomic mass is 9.88. The van der Waals surface area contributed by atoms with Gasteiger partial charge in [-0.1, -0.05) is 6.92 Å². The van der Waals surface area contributed by atoms with Gasteiger partial charge in [-0.3, -0.25) is 0 Å². The molecule has 0 heterocycles. The Morgan fingerprint density at radius 3 is 2.50 bits per heavy atom. The summed E-state index contributed by atoms with van der Waals surface area (Å²) in [5.74, 6) is 3.21. The highest BCUT2D eigenvalue weighted by molar-refractivity contribution is 5.15. The minimum atomic E-state index is 1.05. The Bertz CT molecular complexity index is 76.1. The zero-order chi connectivity index (χ0) is 4.15. The van der Waals surface area contributed by atoms with Gasteiger partial charge in [-0.15, -0.1) is 0 Å².